The van der Waals surface area contributed by atoms with Gasteiger partial charge in [0, 0.05) is 0 Å². The average molecular weight is 204 g/mol. The minimum absolute atomic E-state index is 0.344. The number of nitrogen functional groups attached to an aromatic ring is 1. The second kappa shape index (κ2) is 4.70. The second-order valence-corrected chi connectivity index (χ2v) is 4.13. The molecular formula is C12H16N2O. The van der Waals surface area contributed by atoms with Crippen molar-refractivity contribution >= 4 is 5.69 Å². The summed E-state index contributed by atoms with van der Waals surface area (Å²) in [5, 5.41) is 8.82. The van der Waals surface area contributed by atoms with E-state index in [0.29, 0.717) is 24.5 Å². The van der Waals surface area contributed by atoms with Gasteiger partial charge in [-0.2, -0.15) is 5.26 Å². The molecule has 0 bridgehead atoms. The number of ether oxygens (including phenoxy) is 1. The molecule has 0 saturated carbocycles. The SMILES string of the molecule is CC(C)(C#N)CCOc1ccccc1N. The summed E-state index contributed by atoms with van der Waals surface area (Å²) in [6, 6.07) is 9.59. The highest BCUT2D eigenvalue weighted by atomic mass is 16.5. The molecular weight excluding hydrogens is 188 g/mol. The van der Waals surface area contributed by atoms with Crippen LogP contribution in [0.4, 0.5) is 5.69 Å². The van der Waals surface area contributed by atoms with E-state index < -0.39 is 0 Å². The van der Waals surface area contributed by atoms with E-state index in [2.05, 4.69) is 6.07 Å². The predicted molar refractivity (Wildman–Crippen MR) is 60.4 cm³/mol. The van der Waals surface area contributed by atoms with Crippen molar-refractivity contribution in [3.8, 4) is 11.8 Å². The molecule has 1 rings (SSSR count). The molecule has 0 heterocycles. The zero-order valence-corrected chi connectivity index (χ0v) is 9.16. The lowest BCUT2D eigenvalue weighted by atomic mass is 9.92. The van der Waals surface area contributed by atoms with E-state index in [1.54, 1.807) is 6.07 Å². The monoisotopic (exact) mass is 204 g/mol. The first-order valence-electron chi connectivity index (χ1n) is 4.94. The molecule has 0 radical (unpaired) electrons. The summed E-state index contributed by atoms with van der Waals surface area (Å²) in [6.45, 7) is 4.30. The summed E-state index contributed by atoms with van der Waals surface area (Å²) in [5.41, 5.74) is 6.00. The summed E-state index contributed by atoms with van der Waals surface area (Å²) in [6.07, 6.45) is 0.692. The van der Waals surface area contributed by atoms with Gasteiger partial charge in [0.25, 0.3) is 0 Å². The van der Waals surface area contributed by atoms with Crippen LogP contribution in [0.2, 0.25) is 0 Å². The molecule has 0 aliphatic rings. The van der Waals surface area contributed by atoms with Crippen LogP contribution in [-0.4, -0.2) is 6.61 Å². The first kappa shape index (κ1) is 11.4. The lowest BCUT2D eigenvalue weighted by Gasteiger charge is -2.15. The van der Waals surface area contributed by atoms with Crippen molar-refractivity contribution in [2.75, 3.05) is 12.3 Å². The van der Waals surface area contributed by atoms with Gasteiger partial charge in [-0.1, -0.05) is 12.1 Å². The van der Waals surface area contributed by atoms with Gasteiger partial charge in [-0.3, -0.25) is 0 Å². The van der Waals surface area contributed by atoms with Crippen LogP contribution in [0.5, 0.6) is 5.75 Å². The van der Waals surface area contributed by atoms with E-state index in [9.17, 15) is 0 Å². The van der Waals surface area contributed by atoms with Crippen LogP contribution in [0.1, 0.15) is 20.3 Å². The van der Waals surface area contributed by atoms with E-state index in [1.807, 2.05) is 32.0 Å². The highest BCUT2D eigenvalue weighted by Crippen LogP contribution is 2.23. The normalized spacial score (nSPS) is 10.7. The number of rotatable bonds is 4. The lowest BCUT2D eigenvalue weighted by Crippen LogP contribution is -2.13. The van der Waals surface area contributed by atoms with Crippen LogP contribution >= 0.6 is 0 Å². The van der Waals surface area contributed by atoms with Gasteiger partial charge < -0.3 is 10.5 Å². The number of para-hydroxylation sites is 2. The van der Waals surface area contributed by atoms with Crippen LogP contribution in [0.3, 0.4) is 0 Å². The fraction of sp³-hybridized carbons (Fsp3) is 0.417. The maximum atomic E-state index is 8.82. The summed E-state index contributed by atoms with van der Waals surface area (Å²) in [5.74, 6) is 0.686. The van der Waals surface area contributed by atoms with Crippen molar-refractivity contribution in [1.82, 2.24) is 0 Å². The van der Waals surface area contributed by atoms with Crippen molar-refractivity contribution < 1.29 is 4.74 Å². The Morgan fingerprint density at radius 1 is 1.40 bits per heavy atom. The first-order chi connectivity index (χ1) is 7.05. The standard InChI is InChI=1S/C12H16N2O/c1-12(2,9-13)7-8-15-11-6-4-3-5-10(11)14/h3-6H,7-8,14H2,1-2H3. The molecule has 0 saturated heterocycles. The van der Waals surface area contributed by atoms with Crippen molar-refractivity contribution in [1.29, 1.82) is 5.26 Å². The Labute approximate surface area is 90.5 Å². The molecule has 0 aliphatic heterocycles. The molecule has 0 unspecified atom stereocenters. The van der Waals surface area contributed by atoms with Crippen LogP contribution in [0, 0.1) is 16.7 Å². The van der Waals surface area contributed by atoms with Crippen LogP contribution in [0.15, 0.2) is 24.3 Å². The lowest BCUT2D eigenvalue weighted by molar-refractivity contribution is 0.265. The number of hydrogen-bond donors (Lipinski definition) is 1. The number of nitrogens with two attached hydrogens (primary N) is 1. The largest absolute Gasteiger partial charge is 0.491 e. The average Bonchev–Trinajstić information content (AvgIpc) is 2.21. The van der Waals surface area contributed by atoms with Crippen LogP contribution in [-0.2, 0) is 0 Å². The quantitative estimate of drug-likeness (QED) is 0.767. The number of nitriles is 1. The van der Waals surface area contributed by atoms with E-state index >= 15 is 0 Å². The molecule has 3 nitrogen and oxygen atoms in total. The van der Waals surface area contributed by atoms with Crippen LogP contribution in [0.25, 0.3) is 0 Å². The predicted octanol–water partition coefficient (Wildman–Crippen LogP) is 2.59. The molecule has 3 heteroatoms. The number of hydrogen-bond acceptors (Lipinski definition) is 3. The maximum absolute atomic E-state index is 8.82. The highest BCUT2D eigenvalue weighted by molar-refractivity contribution is 5.51. The summed E-state index contributed by atoms with van der Waals surface area (Å²) in [4.78, 5) is 0. The Morgan fingerprint density at radius 3 is 2.67 bits per heavy atom. The van der Waals surface area contributed by atoms with Gasteiger partial charge in [0.1, 0.15) is 5.75 Å². The number of benzene rings is 1. The molecule has 0 amide bonds. The third-order valence-electron chi connectivity index (χ3n) is 2.21. The molecule has 2 N–H and O–H groups in total. The van der Waals surface area contributed by atoms with Gasteiger partial charge in [0.2, 0.25) is 0 Å². The molecule has 1 aromatic rings. The highest BCUT2D eigenvalue weighted by Gasteiger charge is 2.16. The van der Waals surface area contributed by atoms with Gasteiger partial charge in [-0.15, -0.1) is 0 Å². The number of anilines is 1. The van der Waals surface area contributed by atoms with Gasteiger partial charge in [0.05, 0.1) is 23.8 Å². The molecule has 0 atom stereocenters. The second-order valence-electron chi connectivity index (χ2n) is 4.13. The zero-order chi connectivity index (χ0) is 11.3. The Bertz CT molecular complexity index is 366. The van der Waals surface area contributed by atoms with Crippen molar-refractivity contribution in [2.45, 2.75) is 20.3 Å². The van der Waals surface area contributed by atoms with Crippen molar-refractivity contribution in [2.24, 2.45) is 5.41 Å². The minimum atomic E-state index is -0.344. The van der Waals surface area contributed by atoms with Gasteiger partial charge in [-0.25, -0.2) is 0 Å². The van der Waals surface area contributed by atoms with Gasteiger partial charge in [-0.05, 0) is 32.4 Å². The summed E-state index contributed by atoms with van der Waals surface area (Å²) in [7, 11) is 0. The summed E-state index contributed by atoms with van der Waals surface area (Å²) < 4.78 is 5.50. The van der Waals surface area contributed by atoms with Crippen LogP contribution < -0.4 is 10.5 Å². The molecule has 0 fully saturated rings. The van der Waals surface area contributed by atoms with Crippen molar-refractivity contribution in [3.05, 3.63) is 24.3 Å². The smallest absolute Gasteiger partial charge is 0.142 e. The third-order valence-corrected chi connectivity index (χ3v) is 2.21. The molecule has 0 aromatic heterocycles. The van der Waals surface area contributed by atoms with E-state index in [-0.39, 0.29) is 5.41 Å². The Balaban J connectivity index is 2.46. The maximum Gasteiger partial charge on any atom is 0.142 e. The Hall–Kier alpha value is -1.69. The third kappa shape index (κ3) is 3.51. The Morgan fingerprint density at radius 2 is 2.07 bits per heavy atom. The molecule has 80 valence electrons. The fourth-order valence-electron chi connectivity index (χ4n) is 1.08. The zero-order valence-electron chi connectivity index (χ0n) is 9.16. The minimum Gasteiger partial charge on any atom is -0.491 e. The van der Waals surface area contributed by atoms with Gasteiger partial charge >= 0.3 is 0 Å². The van der Waals surface area contributed by atoms with E-state index in [1.165, 1.54) is 0 Å². The van der Waals surface area contributed by atoms with Crippen molar-refractivity contribution in [3.63, 3.8) is 0 Å². The number of nitrogens with zero attached hydrogens (tertiary/aromatic N) is 1. The Kier molecular flexibility index (Phi) is 3.56. The molecule has 0 spiro atoms. The van der Waals surface area contributed by atoms with Gasteiger partial charge in [0.15, 0.2) is 0 Å². The molecule has 1 aromatic carbocycles. The first-order valence-corrected chi connectivity index (χ1v) is 4.94. The van der Waals surface area contributed by atoms with E-state index in [4.69, 9.17) is 15.7 Å². The van der Waals surface area contributed by atoms with E-state index in [0.717, 1.165) is 0 Å². The topological polar surface area (TPSA) is 59.0 Å². The molecule has 0 aliphatic carbocycles. The molecule has 15 heavy (non-hydrogen) atoms. The fourth-order valence-corrected chi connectivity index (χ4v) is 1.08. The summed E-state index contributed by atoms with van der Waals surface area (Å²) >= 11 is 0.